The number of pyridine rings is 1. The number of esters is 1. The second-order valence-electron chi connectivity index (χ2n) is 6.88. The van der Waals surface area contributed by atoms with Gasteiger partial charge in [-0.15, -0.1) is 0 Å². The van der Waals surface area contributed by atoms with E-state index in [1.54, 1.807) is 6.07 Å². The van der Waals surface area contributed by atoms with Gasteiger partial charge in [-0.3, -0.25) is 4.98 Å². The van der Waals surface area contributed by atoms with Crippen LogP contribution in [-0.4, -0.2) is 43.9 Å². The zero-order valence-electron chi connectivity index (χ0n) is 14.5. The number of carbonyl (C=O) groups is 1. The fourth-order valence-electron chi connectivity index (χ4n) is 1.96. The molecule has 1 rings (SSSR count). The van der Waals surface area contributed by atoms with Crippen molar-refractivity contribution in [2.24, 2.45) is 0 Å². The number of methoxy groups -OCH3 is 1. The van der Waals surface area contributed by atoms with Crippen LogP contribution in [0.1, 0.15) is 50.7 Å². The Morgan fingerprint density at radius 3 is 2.27 bits per heavy atom. The summed E-state index contributed by atoms with van der Waals surface area (Å²) in [5, 5.41) is 0. The molecule has 0 saturated heterocycles. The van der Waals surface area contributed by atoms with Gasteiger partial charge in [-0.25, -0.2) is 13.3 Å². The molecule has 1 aromatic heterocycles. The lowest BCUT2D eigenvalue weighted by Gasteiger charge is -2.38. The number of nitrogens with zero attached hydrogens (tertiary/aromatic N) is 2. The first kappa shape index (κ1) is 18.8. The van der Waals surface area contributed by atoms with E-state index in [4.69, 9.17) is 0 Å². The van der Waals surface area contributed by atoms with Crippen molar-refractivity contribution in [2.45, 2.75) is 51.3 Å². The minimum absolute atomic E-state index is 0.311. The molecule has 22 heavy (non-hydrogen) atoms. The quantitative estimate of drug-likeness (QED) is 0.780. The molecule has 124 valence electrons. The van der Waals surface area contributed by atoms with Crippen LogP contribution in [0, 0.1) is 0 Å². The van der Waals surface area contributed by atoms with Gasteiger partial charge in [-0.05, 0) is 46.8 Å². The van der Waals surface area contributed by atoms with E-state index in [9.17, 15) is 9.00 Å². The number of rotatable bonds is 5. The van der Waals surface area contributed by atoms with Gasteiger partial charge < -0.3 is 4.74 Å². The Morgan fingerprint density at radius 1 is 1.27 bits per heavy atom. The highest BCUT2D eigenvalue weighted by Gasteiger charge is 2.34. The van der Waals surface area contributed by atoms with Gasteiger partial charge in [0.1, 0.15) is 0 Å². The highest BCUT2D eigenvalue weighted by Crippen LogP contribution is 2.25. The van der Waals surface area contributed by atoms with Gasteiger partial charge in [0.05, 0.1) is 28.4 Å². The van der Waals surface area contributed by atoms with Crippen LogP contribution in [0.5, 0.6) is 0 Å². The molecule has 5 nitrogen and oxygen atoms in total. The molecule has 1 aromatic rings. The zero-order chi connectivity index (χ0) is 17.1. The lowest BCUT2D eigenvalue weighted by atomic mass is 9.98. The fourth-order valence-corrected chi connectivity index (χ4v) is 3.29. The molecule has 0 radical (unpaired) electrons. The van der Waals surface area contributed by atoms with Gasteiger partial charge in [0.15, 0.2) is 0 Å². The molecule has 1 heterocycles. The fraction of sp³-hybridized carbons (Fsp3) is 0.625. The number of hydrogen-bond acceptors (Lipinski definition) is 4. The average molecular weight is 326 g/mol. The lowest BCUT2D eigenvalue weighted by Crippen LogP contribution is -2.48. The van der Waals surface area contributed by atoms with Crippen molar-refractivity contribution in [3.05, 3.63) is 29.6 Å². The van der Waals surface area contributed by atoms with Crippen molar-refractivity contribution < 1.29 is 13.7 Å². The van der Waals surface area contributed by atoms with Gasteiger partial charge >= 0.3 is 5.97 Å². The first-order valence-corrected chi connectivity index (χ1v) is 8.29. The van der Waals surface area contributed by atoms with Crippen molar-refractivity contribution in [1.29, 1.82) is 0 Å². The Balaban J connectivity index is 2.88. The van der Waals surface area contributed by atoms with Crippen LogP contribution >= 0.6 is 0 Å². The van der Waals surface area contributed by atoms with Gasteiger partial charge in [-0.1, -0.05) is 0 Å². The maximum atomic E-state index is 12.5. The van der Waals surface area contributed by atoms with Crippen molar-refractivity contribution in [1.82, 2.24) is 9.29 Å². The molecule has 0 spiro atoms. The van der Waals surface area contributed by atoms with E-state index in [-0.39, 0.29) is 10.3 Å². The number of ether oxygens (including phenoxy) is 1. The lowest BCUT2D eigenvalue weighted by molar-refractivity contribution is 0.0600. The van der Waals surface area contributed by atoms with E-state index in [0.717, 1.165) is 5.69 Å². The van der Waals surface area contributed by atoms with E-state index >= 15 is 0 Å². The normalized spacial score (nSPS) is 14.0. The van der Waals surface area contributed by atoms with Crippen LogP contribution in [-0.2, 0) is 22.1 Å². The summed E-state index contributed by atoms with van der Waals surface area (Å²) in [7, 11) is 2.10. The first-order valence-electron chi connectivity index (χ1n) is 7.18. The summed E-state index contributed by atoms with van der Waals surface area (Å²) < 4.78 is 18.8. The summed E-state index contributed by atoms with van der Waals surface area (Å²) in [5.41, 5.74) is 0.948. The molecule has 0 N–H and O–H groups in total. The molecule has 0 fully saturated rings. The SMILES string of the molecule is COC(=O)c1ccc(CC(C)(C)N(C)[S@](=O)C(C)(C)C)nc1. The predicted octanol–water partition coefficient (Wildman–Crippen LogP) is 2.58. The Labute approximate surface area is 135 Å². The van der Waals surface area contributed by atoms with Gasteiger partial charge in [0.25, 0.3) is 0 Å². The summed E-state index contributed by atoms with van der Waals surface area (Å²) in [6.07, 6.45) is 2.14. The molecule has 0 aliphatic rings. The molecule has 0 amide bonds. The second-order valence-corrected chi connectivity index (χ2v) is 9.15. The molecule has 0 aliphatic heterocycles. The third-order valence-corrected chi connectivity index (χ3v) is 5.52. The highest BCUT2D eigenvalue weighted by atomic mass is 32.2. The van der Waals surface area contributed by atoms with Crippen molar-refractivity contribution in [2.75, 3.05) is 14.2 Å². The average Bonchev–Trinajstić information content (AvgIpc) is 2.44. The molecular formula is C16H26N2O3S. The number of aromatic nitrogens is 1. The van der Waals surface area contributed by atoms with Crippen LogP contribution in [0.25, 0.3) is 0 Å². The van der Waals surface area contributed by atoms with E-state index in [1.807, 2.05) is 52.0 Å². The van der Waals surface area contributed by atoms with Gasteiger partial charge in [-0.2, -0.15) is 0 Å². The third-order valence-electron chi connectivity index (χ3n) is 3.48. The topological polar surface area (TPSA) is 59.5 Å². The van der Waals surface area contributed by atoms with E-state index in [1.165, 1.54) is 13.3 Å². The molecule has 0 saturated carbocycles. The summed E-state index contributed by atoms with van der Waals surface area (Å²) in [6, 6.07) is 3.51. The van der Waals surface area contributed by atoms with Gasteiger partial charge in [0, 0.05) is 30.9 Å². The highest BCUT2D eigenvalue weighted by molar-refractivity contribution is 7.84. The molecule has 0 aliphatic carbocycles. The molecule has 0 bridgehead atoms. The van der Waals surface area contributed by atoms with Crippen LogP contribution in [0.4, 0.5) is 0 Å². The zero-order valence-corrected chi connectivity index (χ0v) is 15.3. The van der Waals surface area contributed by atoms with Crippen LogP contribution in [0.3, 0.4) is 0 Å². The maximum Gasteiger partial charge on any atom is 0.339 e. The number of likely N-dealkylation sites (N-methyl/N-ethyl adjacent to an activating group) is 1. The molecule has 6 heteroatoms. The largest absolute Gasteiger partial charge is 0.465 e. The second kappa shape index (κ2) is 6.87. The summed E-state index contributed by atoms with van der Waals surface area (Å²) in [6.45, 7) is 9.94. The Morgan fingerprint density at radius 2 is 1.86 bits per heavy atom. The predicted molar refractivity (Wildman–Crippen MR) is 89.0 cm³/mol. The van der Waals surface area contributed by atoms with Crippen LogP contribution < -0.4 is 0 Å². The van der Waals surface area contributed by atoms with Gasteiger partial charge in [0.2, 0.25) is 0 Å². The Bertz CT molecular complexity index is 548. The van der Waals surface area contributed by atoms with E-state index < -0.39 is 17.0 Å². The van der Waals surface area contributed by atoms with Crippen LogP contribution in [0.2, 0.25) is 0 Å². The summed E-state index contributed by atoms with van der Waals surface area (Å²) >= 11 is 0. The molecule has 0 unspecified atom stereocenters. The minimum atomic E-state index is -1.11. The Kier molecular flexibility index (Phi) is 5.87. The Hall–Kier alpha value is -1.27. The number of hydrogen-bond donors (Lipinski definition) is 0. The maximum absolute atomic E-state index is 12.5. The minimum Gasteiger partial charge on any atom is -0.465 e. The molecule has 0 aromatic carbocycles. The van der Waals surface area contributed by atoms with Crippen molar-refractivity contribution in [3.63, 3.8) is 0 Å². The van der Waals surface area contributed by atoms with Crippen molar-refractivity contribution in [3.8, 4) is 0 Å². The van der Waals surface area contributed by atoms with Crippen molar-refractivity contribution >= 4 is 17.0 Å². The van der Waals surface area contributed by atoms with Crippen LogP contribution in [0.15, 0.2) is 18.3 Å². The molecular weight excluding hydrogens is 300 g/mol. The first-order chi connectivity index (χ1) is 9.99. The monoisotopic (exact) mass is 326 g/mol. The third kappa shape index (κ3) is 4.61. The molecule has 1 atom stereocenters. The van der Waals surface area contributed by atoms with E-state index in [0.29, 0.717) is 12.0 Å². The summed E-state index contributed by atoms with van der Waals surface area (Å²) in [5.74, 6) is -0.399. The summed E-state index contributed by atoms with van der Waals surface area (Å²) in [4.78, 5) is 15.7. The standard InChI is InChI=1S/C16H26N2O3S/c1-15(2,3)22(20)18(6)16(4,5)10-13-9-8-12(11-17-13)14(19)21-7/h8-9,11H,10H2,1-7H3/t22-/m1/s1. The smallest absolute Gasteiger partial charge is 0.339 e. The van der Waals surface area contributed by atoms with E-state index in [2.05, 4.69) is 9.72 Å². The number of carbonyl (C=O) groups excluding carboxylic acids is 1.